The SMILES string of the molecule is CNC(Cc1cccc(Br)c1)c1nn(C)c2ccccc12. The van der Waals surface area contributed by atoms with Crippen molar-refractivity contribution in [3.63, 3.8) is 0 Å². The van der Waals surface area contributed by atoms with Crippen LogP contribution in [0, 0.1) is 0 Å². The first-order chi connectivity index (χ1) is 10.2. The van der Waals surface area contributed by atoms with Crippen LogP contribution in [0.5, 0.6) is 0 Å². The van der Waals surface area contributed by atoms with E-state index in [0.717, 1.165) is 16.6 Å². The largest absolute Gasteiger partial charge is 0.311 e. The second-order valence-electron chi connectivity index (χ2n) is 5.20. The third-order valence-electron chi connectivity index (χ3n) is 3.79. The van der Waals surface area contributed by atoms with Crippen molar-refractivity contribution in [1.82, 2.24) is 15.1 Å². The molecule has 0 saturated heterocycles. The highest BCUT2D eigenvalue weighted by molar-refractivity contribution is 9.10. The molecule has 0 fully saturated rings. The number of fused-ring (bicyclic) bond motifs is 1. The minimum absolute atomic E-state index is 0.199. The van der Waals surface area contributed by atoms with Crippen molar-refractivity contribution in [3.05, 3.63) is 64.3 Å². The van der Waals surface area contributed by atoms with Crippen molar-refractivity contribution in [2.45, 2.75) is 12.5 Å². The van der Waals surface area contributed by atoms with Gasteiger partial charge in [0.05, 0.1) is 17.3 Å². The van der Waals surface area contributed by atoms with Crippen molar-refractivity contribution < 1.29 is 0 Å². The summed E-state index contributed by atoms with van der Waals surface area (Å²) in [6, 6.07) is 17.0. The first-order valence-corrected chi connectivity index (χ1v) is 7.81. The highest BCUT2D eigenvalue weighted by Gasteiger charge is 2.17. The number of nitrogens with zero attached hydrogens (tertiary/aromatic N) is 2. The van der Waals surface area contributed by atoms with Gasteiger partial charge in [-0.25, -0.2) is 0 Å². The summed E-state index contributed by atoms with van der Waals surface area (Å²) in [7, 11) is 3.99. The number of benzene rings is 2. The number of para-hydroxylation sites is 1. The lowest BCUT2D eigenvalue weighted by Crippen LogP contribution is -2.19. The first-order valence-electron chi connectivity index (χ1n) is 7.02. The number of halogens is 1. The summed E-state index contributed by atoms with van der Waals surface area (Å²) in [6.07, 6.45) is 0.914. The summed E-state index contributed by atoms with van der Waals surface area (Å²) < 4.78 is 3.07. The smallest absolute Gasteiger partial charge is 0.0875 e. The van der Waals surface area contributed by atoms with E-state index in [1.807, 2.05) is 24.8 Å². The topological polar surface area (TPSA) is 29.9 Å². The van der Waals surface area contributed by atoms with Crippen LogP contribution >= 0.6 is 15.9 Å². The quantitative estimate of drug-likeness (QED) is 0.779. The van der Waals surface area contributed by atoms with Crippen molar-refractivity contribution in [2.75, 3.05) is 7.05 Å². The molecule has 0 aliphatic carbocycles. The van der Waals surface area contributed by atoms with E-state index in [-0.39, 0.29) is 6.04 Å². The molecule has 0 aliphatic rings. The van der Waals surface area contributed by atoms with Gasteiger partial charge in [0.25, 0.3) is 0 Å². The number of rotatable bonds is 4. The summed E-state index contributed by atoms with van der Waals surface area (Å²) >= 11 is 3.53. The lowest BCUT2D eigenvalue weighted by atomic mass is 10.0. The van der Waals surface area contributed by atoms with Crippen LogP contribution < -0.4 is 5.32 Å². The summed E-state index contributed by atoms with van der Waals surface area (Å²) in [5, 5.41) is 9.34. The Bertz CT molecular complexity index is 764. The summed E-state index contributed by atoms with van der Waals surface area (Å²) in [6.45, 7) is 0. The van der Waals surface area contributed by atoms with Gasteiger partial charge < -0.3 is 5.32 Å². The fraction of sp³-hybridized carbons (Fsp3) is 0.235. The summed E-state index contributed by atoms with van der Waals surface area (Å²) in [4.78, 5) is 0. The molecule has 0 radical (unpaired) electrons. The van der Waals surface area contributed by atoms with E-state index in [9.17, 15) is 0 Å². The van der Waals surface area contributed by atoms with Gasteiger partial charge in [0.15, 0.2) is 0 Å². The van der Waals surface area contributed by atoms with Gasteiger partial charge >= 0.3 is 0 Å². The fourth-order valence-corrected chi connectivity index (χ4v) is 3.18. The Morgan fingerprint density at radius 3 is 2.76 bits per heavy atom. The average molecular weight is 344 g/mol. The van der Waals surface area contributed by atoms with Crippen LogP contribution in [-0.4, -0.2) is 16.8 Å². The van der Waals surface area contributed by atoms with Gasteiger partial charge in [0.2, 0.25) is 0 Å². The summed E-state index contributed by atoms with van der Waals surface area (Å²) in [5.41, 5.74) is 3.57. The molecule has 3 aromatic rings. The zero-order chi connectivity index (χ0) is 14.8. The molecular formula is C17H18BrN3. The van der Waals surface area contributed by atoms with Crippen LogP contribution in [0.15, 0.2) is 53.0 Å². The maximum atomic E-state index is 4.72. The molecule has 1 aromatic heterocycles. The monoisotopic (exact) mass is 343 g/mol. The van der Waals surface area contributed by atoms with Crippen molar-refractivity contribution in [1.29, 1.82) is 0 Å². The van der Waals surface area contributed by atoms with Gasteiger partial charge in [0, 0.05) is 16.9 Å². The molecule has 1 heterocycles. The Hall–Kier alpha value is -1.65. The van der Waals surface area contributed by atoms with Gasteiger partial charge in [-0.15, -0.1) is 0 Å². The first kappa shape index (κ1) is 14.3. The van der Waals surface area contributed by atoms with Crippen LogP contribution in [0.25, 0.3) is 10.9 Å². The molecule has 3 nitrogen and oxygen atoms in total. The highest BCUT2D eigenvalue weighted by atomic mass is 79.9. The molecule has 0 aliphatic heterocycles. The zero-order valence-corrected chi connectivity index (χ0v) is 13.8. The summed E-state index contributed by atoms with van der Waals surface area (Å²) in [5.74, 6) is 0. The number of aromatic nitrogens is 2. The average Bonchev–Trinajstić information content (AvgIpc) is 2.83. The number of aryl methyl sites for hydroxylation is 1. The van der Waals surface area contributed by atoms with E-state index in [0.29, 0.717) is 0 Å². The molecule has 21 heavy (non-hydrogen) atoms. The van der Waals surface area contributed by atoms with Crippen LogP contribution in [0.2, 0.25) is 0 Å². The second-order valence-corrected chi connectivity index (χ2v) is 6.12. The molecule has 4 heteroatoms. The maximum absolute atomic E-state index is 4.72. The Morgan fingerprint density at radius 2 is 2.00 bits per heavy atom. The molecule has 1 atom stereocenters. The predicted molar refractivity (Wildman–Crippen MR) is 90.4 cm³/mol. The van der Waals surface area contributed by atoms with E-state index in [2.05, 4.69) is 63.7 Å². The van der Waals surface area contributed by atoms with Crippen LogP contribution in [0.1, 0.15) is 17.3 Å². The Morgan fingerprint density at radius 1 is 1.19 bits per heavy atom. The van der Waals surface area contributed by atoms with Crippen molar-refractivity contribution in [3.8, 4) is 0 Å². The van der Waals surface area contributed by atoms with E-state index in [4.69, 9.17) is 5.10 Å². The van der Waals surface area contributed by atoms with Gasteiger partial charge in [-0.2, -0.15) is 5.10 Å². The third-order valence-corrected chi connectivity index (χ3v) is 4.29. The Labute approximate surface area is 133 Å². The molecule has 1 unspecified atom stereocenters. The third kappa shape index (κ3) is 2.87. The highest BCUT2D eigenvalue weighted by Crippen LogP contribution is 2.26. The second kappa shape index (κ2) is 6.00. The molecule has 3 rings (SSSR count). The Kier molecular flexibility index (Phi) is 4.08. The lowest BCUT2D eigenvalue weighted by molar-refractivity contribution is 0.567. The predicted octanol–water partition coefficient (Wildman–Crippen LogP) is 3.84. The van der Waals surface area contributed by atoms with Crippen LogP contribution in [0.4, 0.5) is 0 Å². The molecule has 0 spiro atoms. The van der Waals surface area contributed by atoms with E-state index >= 15 is 0 Å². The number of nitrogens with one attached hydrogen (secondary N) is 1. The minimum atomic E-state index is 0.199. The molecular weight excluding hydrogens is 326 g/mol. The minimum Gasteiger partial charge on any atom is -0.311 e. The molecule has 2 aromatic carbocycles. The molecule has 0 amide bonds. The van der Waals surface area contributed by atoms with E-state index < -0.39 is 0 Å². The van der Waals surface area contributed by atoms with Gasteiger partial charge in [-0.05, 0) is 37.2 Å². The van der Waals surface area contributed by atoms with Crippen LogP contribution in [-0.2, 0) is 13.5 Å². The van der Waals surface area contributed by atoms with E-state index in [1.165, 1.54) is 16.5 Å². The zero-order valence-electron chi connectivity index (χ0n) is 12.2. The number of likely N-dealkylation sites (N-methyl/N-ethyl adjacent to an activating group) is 1. The Balaban J connectivity index is 1.99. The van der Waals surface area contributed by atoms with Gasteiger partial charge in [-0.3, -0.25) is 4.68 Å². The normalized spacial score (nSPS) is 12.7. The molecule has 0 saturated carbocycles. The fourth-order valence-electron chi connectivity index (χ4n) is 2.73. The molecule has 108 valence electrons. The number of hydrogen-bond acceptors (Lipinski definition) is 2. The van der Waals surface area contributed by atoms with Crippen molar-refractivity contribution in [2.24, 2.45) is 7.05 Å². The van der Waals surface area contributed by atoms with Gasteiger partial charge in [0.1, 0.15) is 0 Å². The number of hydrogen-bond donors (Lipinski definition) is 1. The maximum Gasteiger partial charge on any atom is 0.0875 e. The molecule has 0 bridgehead atoms. The standard InChI is InChI=1S/C17H18BrN3/c1-19-15(11-12-6-5-7-13(18)10-12)17-14-8-3-4-9-16(14)21(2)20-17/h3-10,15,19H,11H2,1-2H3. The molecule has 1 N–H and O–H groups in total. The van der Waals surface area contributed by atoms with Gasteiger partial charge in [-0.1, -0.05) is 46.3 Å². The van der Waals surface area contributed by atoms with E-state index in [1.54, 1.807) is 0 Å². The lowest BCUT2D eigenvalue weighted by Gasteiger charge is -2.14. The van der Waals surface area contributed by atoms with Crippen LogP contribution in [0.3, 0.4) is 0 Å². The van der Waals surface area contributed by atoms with Crippen molar-refractivity contribution >= 4 is 26.8 Å².